The van der Waals surface area contributed by atoms with E-state index in [4.69, 9.17) is 17.3 Å². The molecule has 2 N–H and O–H groups in total. The van der Waals surface area contributed by atoms with Crippen LogP contribution < -0.4 is 5.73 Å². The zero-order valence-corrected chi connectivity index (χ0v) is 10.8. The van der Waals surface area contributed by atoms with E-state index in [-0.39, 0.29) is 6.04 Å². The maximum atomic E-state index is 6.21. The van der Waals surface area contributed by atoms with Gasteiger partial charge in [0.25, 0.3) is 0 Å². The third kappa shape index (κ3) is 2.07. The Hall–Kier alpha value is 0.200. The molecular formula is C11H13ClIN. The lowest BCUT2D eigenvalue weighted by Crippen LogP contribution is -2.27. The quantitative estimate of drug-likeness (QED) is 0.825. The summed E-state index contributed by atoms with van der Waals surface area (Å²) < 4.78 is 1.23. The predicted octanol–water partition coefficient (Wildman–Crippen LogP) is 3.74. The van der Waals surface area contributed by atoms with E-state index in [9.17, 15) is 0 Å². The van der Waals surface area contributed by atoms with Crippen molar-refractivity contribution in [1.29, 1.82) is 0 Å². The van der Waals surface area contributed by atoms with Crippen LogP contribution in [0.25, 0.3) is 0 Å². The molecule has 0 aliphatic heterocycles. The minimum absolute atomic E-state index is 0.175. The van der Waals surface area contributed by atoms with Gasteiger partial charge >= 0.3 is 0 Å². The van der Waals surface area contributed by atoms with Gasteiger partial charge in [0.2, 0.25) is 0 Å². The van der Waals surface area contributed by atoms with Crippen LogP contribution in [-0.2, 0) is 0 Å². The molecule has 0 heterocycles. The highest BCUT2D eigenvalue weighted by atomic mass is 127. The van der Waals surface area contributed by atoms with E-state index in [1.54, 1.807) is 0 Å². The van der Waals surface area contributed by atoms with Gasteiger partial charge in [0.05, 0.1) is 0 Å². The van der Waals surface area contributed by atoms with E-state index in [1.165, 1.54) is 28.4 Å². The van der Waals surface area contributed by atoms with Gasteiger partial charge in [-0.2, -0.15) is 0 Å². The molecule has 0 bridgehead atoms. The fraction of sp³-hybridized carbons (Fsp3) is 0.455. The topological polar surface area (TPSA) is 26.0 Å². The summed E-state index contributed by atoms with van der Waals surface area (Å²) in [5, 5.41) is 0.787. The van der Waals surface area contributed by atoms with Crippen LogP contribution >= 0.6 is 34.2 Å². The summed E-state index contributed by atoms with van der Waals surface area (Å²) in [6.45, 7) is 0. The molecule has 1 aromatic rings. The Kier molecular flexibility index (Phi) is 3.34. The molecule has 1 saturated carbocycles. The lowest BCUT2D eigenvalue weighted by Gasteiger charge is -2.32. The average Bonchev–Trinajstić information content (AvgIpc) is 2.06. The van der Waals surface area contributed by atoms with Crippen LogP contribution in [0, 0.1) is 9.49 Å². The molecular weight excluding hydrogens is 308 g/mol. The van der Waals surface area contributed by atoms with Crippen molar-refractivity contribution >= 4 is 34.2 Å². The first kappa shape index (κ1) is 10.7. The van der Waals surface area contributed by atoms with Crippen molar-refractivity contribution in [3.63, 3.8) is 0 Å². The number of rotatable bonds is 2. The molecule has 1 fully saturated rings. The van der Waals surface area contributed by atoms with Crippen LogP contribution in [0.15, 0.2) is 18.2 Å². The summed E-state index contributed by atoms with van der Waals surface area (Å²) >= 11 is 8.30. The van der Waals surface area contributed by atoms with E-state index in [1.807, 2.05) is 18.2 Å². The maximum absolute atomic E-state index is 6.21. The minimum Gasteiger partial charge on any atom is -0.324 e. The van der Waals surface area contributed by atoms with Gasteiger partial charge in [-0.15, -0.1) is 0 Å². The molecule has 1 atom stereocenters. The molecule has 0 radical (unpaired) electrons. The zero-order chi connectivity index (χ0) is 10.1. The van der Waals surface area contributed by atoms with Crippen molar-refractivity contribution in [2.75, 3.05) is 0 Å². The highest BCUT2D eigenvalue weighted by molar-refractivity contribution is 14.1. The second-order valence-electron chi connectivity index (χ2n) is 3.88. The van der Waals surface area contributed by atoms with E-state index in [0.717, 1.165) is 5.02 Å². The lowest BCUT2D eigenvalue weighted by molar-refractivity contribution is 0.264. The highest BCUT2D eigenvalue weighted by Gasteiger charge is 2.26. The van der Waals surface area contributed by atoms with E-state index in [2.05, 4.69) is 22.6 Å². The number of hydrogen-bond acceptors (Lipinski definition) is 1. The standard InChI is InChI=1S/C11H13ClIN/c12-8-4-5-10(13)9(6-8)11(14)7-2-1-3-7/h4-7,11H,1-3,14H2. The number of nitrogens with two attached hydrogens (primary N) is 1. The normalized spacial score (nSPS) is 19.1. The molecule has 1 aliphatic rings. The van der Waals surface area contributed by atoms with Crippen molar-refractivity contribution in [3.05, 3.63) is 32.4 Å². The highest BCUT2D eigenvalue weighted by Crippen LogP contribution is 2.38. The van der Waals surface area contributed by atoms with Gasteiger partial charge in [-0.1, -0.05) is 18.0 Å². The van der Waals surface area contributed by atoms with Crippen LogP contribution in [0.1, 0.15) is 30.9 Å². The first-order valence-electron chi connectivity index (χ1n) is 4.89. The second-order valence-corrected chi connectivity index (χ2v) is 5.48. The van der Waals surface area contributed by atoms with Crippen LogP contribution in [0.2, 0.25) is 5.02 Å². The average molecular weight is 322 g/mol. The van der Waals surface area contributed by atoms with E-state index in [0.29, 0.717) is 5.92 Å². The Bertz CT molecular complexity index is 336. The van der Waals surface area contributed by atoms with E-state index >= 15 is 0 Å². The Morgan fingerprint density at radius 2 is 2.14 bits per heavy atom. The summed E-state index contributed by atoms with van der Waals surface area (Å²) in [4.78, 5) is 0. The molecule has 0 spiro atoms. The second kappa shape index (κ2) is 4.37. The summed E-state index contributed by atoms with van der Waals surface area (Å²) in [6, 6.07) is 6.14. The Morgan fingerprint density at radius 1 is 1.43 bits per heavy atom. The molecule has 1 aliphatic carbocycles. The summed E-state index contributed by atoms with van der Waals surface area (Å²) in [7, 11) is 0. The third-order valence-electron chi connectivity index (χ3n) is 2.97. The van der Waals surface area contributed by atoms with Crippen molar-refractivity contribution < 1.29 is 0 Å². The van der Waals surface area contributed by atoms with Crippen LogP contribution in [0.3, 0.4) is 0 Å². The number of benzene rings is 1. The largest absolute Gasteiger partial charge is 0.324 e. The summed E-state index contributed by atoms with van der Waals surface area (Å²) in [5.41, 5.74) is 7.42. The maximum Gasteiger partial charge on any atom is 0.0410 e. The molecule has 3 heteroatoms. The molecule has 1 aromatic carbocycles. The van der Waals surface area contributed by atoms with E-state index < -0.39 is 0 Å². The van der Waals surface area contributed by atoms with Gasteiger partial charge in [0.1, 0.15) is 0 Å². The minimum atomic E-state index is 0.175. The van der Waals surface area contributed by atoms with Crippen molar-refractivity contribution in [3.8, 4) is 0 Å². The summed E-state index contributed by atoms with van der Waals surface area (Å²) in [5.74, 6) is 0.669. The van der Waals surface area contributed by atoms with Crippen LogP contribution in [0.4, 0.5) is 0 Å². The van der Waals surface area contributed by atoms with Crippen molar-refractivity contribution in [2.45, 2.75) is 25.3 Å². The predicted molar refractivity (Wildman–Crippen MR) is 68.4 cm³/mol. The molecule has 1 unspecified atom stereocenters. The molecule has 14 heavy (non-hydrogen) atoms. The molecule has 0 saturated heterocycles. The van der Waals surface area contributed by atoms with Gasteiger partial charge in [-0.3, -0.25) is 0 Å². The Morgan fingerprint density at radius 3 is 2.71 bits per heavy atom. The van der Waals surface area contributed by atoms with Gasteiger partial charge in [0.15, 0.2) is 0 Å². The smallest absolute Gasteiger partial charge is 0.0410 e. The lowest BCUT2D eigenvalue weighted by atomic mass is 9.78. The molecule has 76 valence electrons. The van der Waals surface area contributed by atoms with Gasteiger partial charge in [-0.25, -0.2) is 0 Å². The van der Waals surface area contributed by atoms with Gasteiger partial charge in [-0.05, 0) is 65.1 Å². The fourth-order valence-electron chi connectivity index (χ4n) is 1.82. The third-order valence-corrected chi connectivity index (χ3v) is 4.19. The zero-order valence-electron chi connectivity index (χ0n) is 7.84. The fourth-order valence-corrected chi connectivity index (χ4v) is 2.70. The molecule has 0 amide bonds. The number of halogens is 2. The molecule has 0 aromatic heterocycles. The van der Waals surface area contributed by atoms with Crippen molar-refractivity contribution in [2.24, 2.45) is 11.7 Å². The van der Waals surface area contributed by atoms with Crippen LogP contribution in [-0.4, -0.2) is 0 Å². The molecule has 1 nitrogen and oxygen atoms in total. The molecule has 2 rings (SSSR count). The first-order chi connectivity index (χ1) is 6.68. The van der Waals surface area contributed by atoms with Gasteiger partial charge < -0.3 is 5.73 Å². The van der Waals surface area contributed by atoms with Crippen molar-refractivity contribution in [1.82, 2.24) is 0 Å². The first-order valence-corrected chi connectivity index (χ1v) is 6.34. The monoisotopic (exact) mass is 321 g/mol. The summed E-state index contributed by atoms with van der Waals surface area (Å²) in [6.07, 6.45) is 3.86. The van der Waals surface area contributed by atoms with Gasteiger partial charge in [0, 0.05) is 14.6 Å². The SMILES string of the molecule is NC(c1cc(Cl)ccc1I)C1CCC1. The Labute approximate surface area is 103 Å². The number of hydrogen-bond donors (Lipinski definition) is 1. The Balaban J connectivity index is 2.24. The van der Waals surface area contributed by atoms with Crippen LogP contribution in [0.5, 0.6) is 0 Å².